The fraction of sp³-hybridized carbons (Fsp3) is 0.0714. The number of carbonyl (C=O) groups is 1. The van der Waals surface area contributed by atoms with Gasteiger partial charge in [-0.25, -0.2) is 0 Å². The summed E-state index contributed by atoms with van der Waals surface area (Å²) in [5, 5.41) is 1.04. The number of Topliss-reactive ketones (excluding diaryl/α,β-unsaturated/α-hetero) is 1. The lowest BCUT2D eigenvalue weighted by Crippen LogP contribution is -1.91. The third-order valence-corrected chi connectivity index (χ3v) is 3.26. The standard InChI is InChI=1S/C14H10Cl2O/c1-9(17)10-3-2-4-11(7-10)12-5-6-13(15)14(16)8-12/h2-8H,1H3. The molecule has 3 heteroatoms. The third-order valence-electron chi connectivity index (χ3n) is 2.52. The monoisotopic (exact) mass is 264 g/mol. The highest BCUT2D eigenvalue weighted by Gasteiger charge is 2.04. The summed E-state index contributed by atoms with van der Waals surface area (Å²) in [6.45, 7) is 1.55. The Morgan fingerprint density at radius 2 is 1.65 bits per heavy atom. The van der Waals surface area contributed by atoms with E-state index in [1.807, 2.05) is 24.3 Å². The van der Waals surface area contributed by atoms with Crippen LogP contribution in [0.3, 0.4) is 0 Å². The van der Waals surface area contributed by atoms with Gasteiger partial charge in [0, 0.05) is 5.56 Å². The molecule has 1 nitrogen and oxygen atoms in total. The van der Waals surface area contributed by atoms with Gasteiger partial charge >= 0.3 is 0 Å². The second-order valence-corrected chi connectivity index (χ2v) is 4.58. The van der Waals surface area contributed by atoms with Gasteiger partial charge in [-0.05, 0) is 36.2 Å². The van der Waals surface area contributed by atoms with E-state index in [0.29, 0.717) is 15.6 Å². The smallest absolute Gasteiger partial charge is 0.159 e. The molecule has 0 aliphatic heterocycles. The van der Waals surface area contributed by atoms with E-state index in [1.54, 1.807) is 25.1 Å². The average Bonchev–Trinajstić information content (AvgIpc) is 2.33. The van der Waals surface area contributed by atoms with Crippen LogP contribution in [-0.4, -0.2) is 5.78 Å². The van der Waals surface area contributed by atoms with Crippen molar-refractivity contribution in [2.45, 2.75) is 6.92 Å². The summed E-state index contributed by atoms with van der Waals surface area (Å²) in [7, 11) is 0. The van der Waals surface area contributed by atoms with Gasteiger partial charge in [0.25, 0.3) is 0 Å². The van der Waals surface area contributed by atoms with Crippen molar-refractivity contribution >= 4 is 29.0 Å². The van der Waals surface area contributed by atoms with Crippen LogP contribution in [0.25, 0.3) is 11.1 Å². The van der Waals surface area contributed by atoms with Crippen LogP contribution >= 0.6 is 23.2 Å². The summed E-state index contributed by atoms with van der Waals surface area (Å²) in [5.74, 6) is 0.0481. The maximum Gasteiger partial charge on any atom is 0.159 e. The second-order valence-electron chi connectivity index (χ2n) is 3.77. The van der Waals surface area contributed by atoms with E-state index in [0.717, 1.165) is 11.1 Å². The number of hydrogen-bond donors (Lipinski definition) is 0. The molecular formula is C14H10Cl2O. The molecule has 0 heterocycles. The zero-order valence-corrected chi connectivity index (χ0v) is 10.7. The predicted octanol–water partition coefficient (Wildman–Crippen LogP) is 4.86. The SMILES string of the molecule is CC(=O)c1cccc(-c2ccc(Cl)c(Cl)c2)c1. The molecule has 2 aromatic carbocycles. The van der Waals surface area contributed by atoms with Crippen molar-refractivity contribution in [2.24, 2.45) is 0 Å². The van der Waals surface area contributed by atoms with E-state index in [4.69, 9.17) is 23.2 Å². The number of carbonyl (C=O) groups excluding carboxylic acids is 1. The van der Waals surface area contributed by atoms with Crippen molar-refractivity contribution < 1.29 is 4.79 Å². The molecule has 0 aliphatic rings. The van der Waals surface area contributed by atoms with Crippen LogP contribution in [-0.2, 0) is 0 Å². The molecule has 0 saturated carbocycles. The first kappa shape index (κ1) is 12.2. The molecule has 0 radical (unpaired) electrons. The van der Waals surface area contributed by atoms with Crippen LogP contribution in [0, 0.1) is 0 Å². The van der Waals surface area contributed by atoms with Gasteiger partial charge in [0.15, 0.2) is 5.78 Å². The van der Waals surface area contributed by atoms with Crippen molar-refractivity contribution in [1.82, 2.24) is 0 Å². The Morgan fingerprint density at radius 3 is 2.29 bits per heavy atom. The summed E-state index contributed by atoms with van der Waals surface area (Å²) in [5.41, 5.74) is 2.59. The Kier molecular flexibility index (Phi) is 3.51. The summed E-state index contributed by atoms with van der Waals surface area (Å²) in [4.78, 5) is 11.3. The van der Waals surface area contributed by atoms with E-state index < -0.39 is 0 Å². The highest BCUT2D eigenvalue weighted by Crippen LogP contribution is 2.28. The van der Waals surface area contributed by atoms with Gasteiger partial charge in [0.1, 0.15) is 0 Å². The van der Waals surface area contributed by atoms with Crippen LogP contribution in [0.1, 0.15) is 17.3 Å². The summed E-state index contributed by atoms with van der Waals surface area (Å²) in [6, 6.07) is 12.9. The minimum absolute atomic E-state index is 0.0481. The van der Waals surface area contributed by atoms with Crippen LogP contribution in [0.2, 0.25) is 10.0 Å². The van der Waals surface area contributed by atoms with Crippen LogP contribution < -0.4 is 0 Å². The number of hydrogen-bond acceptors (Lipinski definition) is 1. The number of halogens is 2. The first-order valence-electron chi connectivity index (χ1n) is 5.14. The van der Waals surface area contributed by atoms with Gasteiger partial charge in [-0.15, -0.1) is 0 Å². The number of ketones is 1. The molecule has 2 aromatic rings. The molecule has 0 N–H and O–H groups in total. The van der Waals surface area contributed by atoms with E-state index in [-0.39, 0.29) is 5.78 Å². The summed E-state index contributed by atoms with van der Waals surface area (Å²) >= 11 is 11.8. The molecule has 0 aliphatic carbocycles. The Labute approximate surface area is 110 Å². The van der Waals surface area contributed by atoms with Gasteiger partial charge in [-0.3, -0.25) is 4.79 Å². The van der Waals surface area contributed by atoms with Gasteiger partial charge < -0.3 is 0 Å². The van der Waals surface area contributed by atoms with Crippen molar-refractivity contribution in [3.63, 3.8) is 0 Å². The zero-order chi connectivity index (χ0) is 12.4. The minimum atomic E-state index is 0.0481. The molecule has 0 unspecified atom stereocenters. The molecule has 0 spiro atoms. The fourth-order valence-corrected chi connectivity index (χ4v) is 1.89. The molecule has 86 valence electrons. The topological polar surface area (TPSA) is 17.1 Å². The van der Waals surface area contributed by atoms with Gasteiger partial charge in [0.2, 0.25) is 0 Å². The lowest BCUT2D eigenvalue weighted by molar-refractivity contribution is 0.101. The Morgan fingerprint density at radius 1 is 0.941 bits per heavy atom. The average molecular weight is 265 g/mol. The molecule has 0 bridgehead atoms. The normalized spacial score (nSPS) is 10.3. The number of rotatable bonds is 2. The first-order valence-corrected chi connectivity index (χ1v) is 5.90. The largest absolute Gasteiger partial charge is 0.295 e. The molecule has 0 amide bonds. The molecular weight excluding hydrogens is 255 g/mol. The molecule has 0 atom stereocenters. The molecule has 2 rings (SSSR count). The number of benzene rings is 2. The first-order chi connectivity index (χ1) is 8.08. The second kappa shape index (κ2) is 4.91. The van der Waals surface area contributed by atoms with Crippen molar-refractivity contribution in [3.8, 4) is 11.1 Å². The van der Waals surface area contributed by atoms with Gasteiger partial charge in [-0.2, -0.15) is 0 Å². The maximum atomic E-state index is 11.3. The Balaban J connectivity index is 2.49. The van der Waals surface area contributed by atoms with E-state index >= 15 is 0 Å². The lowest BCUT2D eigenvalue weighted by Gasteiger charge is -2.05. The molecule has 0 aromatic heterocycles. The predicted molar refractivity (Wildman–Crippen MR) is 71.9 cm³/mol. The maximum absolute atomic E-state index is 11.3. The highest BCUT2D eigenvalue weighted by atomic mass is 35.5. The molecule has 0 fully saturated rings. The van der Waals surface area contributed by atoms with Crippen LogP contribution in [0.15, 0.2) is 42.5 Å². The quantitative estimate of drug-likeness (QED) is 0.708. The van der Waals surface area contributed by atoms with E-state index in [9.17, 15) is 4.79 Å². The zero-order valence-electron chi connectivity index (χ0n) is 9.21. The van der Waals surface area contributed by atoms with Crippen molar-refractivity contribution in [2.75, 3.05) is 0 Å². The Hall–Kier alpha value is -1.31. The highest BCUT2D eigenvalue weighted by molar-refractivity contribution is 6.42. The minimum Gasteiger partial charge on any atom is -0.295 e. The summed E-state index contributed by atoms with van der Waals surface area (Å²) < 4.78 is 0. The van der Waals surface area contributed by atoms with Crippen LogP contribution in [0.4, 0.5) is 0 Å². The van der Waals surface area contributed by atoms with Gasteiger partial charge in [0.05, 0.1) is 10.0 Å². The van der Waals surface area contributed by atoms with Crippen LogP contribution in [0.5, 0.6) is 0 Å². The van der Waals surface area contributed by atoms with Gasteiger partial charge in [-0.1, -0.05) is 47.5 Å². The van der Waals surface area contributed by atoms with Crippen molar-refractivity contribution in [3.05, 3.63) is 58.1 Å². The molecule has 0 saturated heterocycles. The molecule has 17 heavy (non-hydrogen) atoms. The van der Waals surface area contributed by atoms with E-state index in [1.165, 1.54) is 0 Å². The van der Waals surface area contributed by atoms with E-state index in [2.05, 4.69) is 0 Å². The fourth-order valence-electron chi connectivity index (χ4n) is 1.59. The Bertz CT molecular complexity index is 576. The lowest BCUT2D eigenvalue weighted by atomic mass is 10.0. The third kappa shape index (κ3) is 2.68. The van der Waals surface area contributed by atoms with Crippen molar-refractivity contribution in [1.29, 1.82) is 0 Å². The summed E-state index contributed by atoms with van der Waals surface area (Å²) in [6.07, 6.45) is 0.